The summed E-state index contributed by atoms with van der Waals surface area (Å²) >= 11 is 1.37. The van der Waals surface area contributed by atoms with Crippen LogP contribution in [0.2, 0.25) is 0 Å². The van der Waals surface area contributed by atoms with Gasteiger partial charge in [0.15, 0.2) is 5.78 Å². The maximum atomic E-state index is 11.7. The van der Waals surface area contributed by atoms with Crippen LogP contribution in [-0.2, 0) is 12.8 Å². The van der Waals surface area contributed by atoms with Gasteiger partial charge in [-0.05, 0) is 42.2 Å². The van der Waals surface area contributed by atoms with Crippen LogP contribution in [-0.4, -0.2) is 17.9 Å². The second-order valence-electron chi connectivity index (χ2n) is 5.40. The van der Waals surface area contributed by atoms with Crippen molar-refractivity contribution in [1.82, 2.24) is 4.98 Å². The number of aromatic nitrogens is 1. The maximum Gasteiger partial charge on any atom is 0.171 e. The molecule has 5 heteroatoms. The molecule has 2 heterocycles. The van der Waals surface area contributed by atoms with E-state index in [0.29, 0.717) is 10.6 Å². The third kappa shape index (κ3) is 3.05. The maximum absolute atomic E-state index is 11.7. The number of thiophene rings is 1. The van der Waals surface area contributed by atoms with Crippen molar-refractivity contribution in [3.63, 3.8) is 0 Å². The van der Waals surface area contributed by atoms with Gasteiger partial charge in [-0.1, -0.05) is 12.1 Å². The molecule has 118 valence electrons. The summed E-state index contributed by atoms with van der Waals surface area (Å²) in [6.45, 7) is 1.54. The van der Waals surface area contributed by atoms with Gasteiger partial charge >= 0.3 is 0 Å². The largest absolute Gasteiger partial charge is 0.497 e. The number of Topliss-reactive ketones (excluding diaryl/α,β-unsaturated/α-hetero) is 1. The Hall–Kier alpha value is -2.40. The van der Waals surface area contributed by atoms with Crippen LogP contribution in [0.4, 0.5) is 5.69 Å². The lowest BCUT2D eigenvalue weighted by molar-refractivity contribution is 0.102. The third-order valence-corrected chi connectivity index (χ3v) is 5.09. The van der Waals surface area contributed by atoms with E-state index in [1.165, 1.54) is 23.8 Å². The molecule has 1 aromatic carbocycles. The smallest absolute Gasteiger partial charge is 0.171 e. The summed E-state index contributed by atoms with van der Waals surface area (Å²) < 4.78 is 5.18. The average Bonchev–Trinajstić information content (AvgIpc) is 2.91. The lowest BCUT2D eigenvalue weighted by Crippen LogP contribution is -1.97. The lowest BCUT2D eigenvalue weighted by atomic mass is 10.0. The van der Waals surface area contributed by atoms with Gasteiger partial charge in [0.2, 0.25) is 0 Å². The highest BCUT2D eigenvalue weighted by molar-refractivity contribution is 7.21. The van der Waals surface area contributed by atoms with Crippen LogP contribution in [0.25, 0.3) is 10.2 Å². The normalized spacial score (nSPS) is 10.9. The van der Waals surface area contributed by atoms with E-state index in [1.54, 1.807) is 13.3 Å². The SMILES string of the molecule is COc1ccc(CCc2ccnc3sc(C(C)=O)c(N)c23)cc1. The minimum atomic E-state index is -0.00777. The van der Waals surface area contributed by atoms with Crippen molar-refractivity contribution < 1.29 is 9.53 Å². The number of aryl methyl sites for hydroxylation is 2. The van der Waals surface area contributed by atoms with Gasteiger partial charge in [-0.2, -0.15) is 0 Å². The zero-order valence-corrected chi connectivity index (χ0v) is 13.9. The van der Waals surface area contributed by atoms with Crippen LogP contribution in [0, 0.1) is 0 Å². The fourth-order valence-electron chi connectivity index (χ4n) is 2.65. The predicted octanol–water partition coefficient (Wildman–Crippen LogP) is 3.87. The number of hydrogen-bond donors (Lipinski definition) is 1. The van der Waals surface area contributed by atoms with Crippen LogP contribution in [0.3, 0.4) is 0 Å². The summed E-state index contributed by atoms with van der Waals surface area (Å²) in [4.78, 5) is 17.5. The number of ketones is 1. The van der Waals surface area contributed by atoms with Crippen molar-refractivity contribution in [2.45, 2.75) is 19.8 Å². The fourth-order valence-corrected chi connectivity index (χ4v) is 3.66. The van der Waals surface area contributed by atoms with Crippen molar-refractivity contribution in [2.24, 2.45) is 0 Å². The molecule has 0 saturated heterocycles. The minimum Gasteiger partial charge on any atom is -0.497 e. The summed E-state index contributed by atoms with van der Waals surface area (Å²) in [7, 11) is 1.66. The number of pyridine rings is 1. The van der Waals surface area contributed by atoms with Gasteiger partial charge in [-0.25, -0.2) is 4.98 Å². The molecule has 0 saturated carbocycles. The number of carbonyl (C=O) groups is 1. The molecule has 0 radical (unpaired) electrons. The summed E-state index contributed by atoms with van der Waals surface area (Å²) in [5, 5.41) is 0.927. The highest BCUT2D eigenvalue weighted by atomic mass is 32.1. The van der Waals surface area contributed by atoms with Gasteiger partial charge in [0.05, 0.1) is 17.7 Å². The Morgan fingerprint density at radius 3 is 2.61 bits per heavy atom. The Kier molecular flexibility index (Phi) is 4.30. The van der Waals surface area contributed by atoms with E-state index in [9.17, 15) is 4.79 Å². The first-order valence-electron chi connectivity index (χ1n) is 7.40. The number of ether oxygens (including phenoxy) is 1. The monoisotopic (exact) mass is 326 g/mol. The molecular weight excluding hydrogens is 308 g/mol. The van der Waals surface area contributed by atoms with Gasteiger partial charge in [0.25, 0.3) is 0 Å². The van der Waals surface area contributed by atoms with E-state index >= 15 is 0 Å². The van der Waals surface area contributed by atoms with Gasteiger partial charge in [-0.15, -0.1) is 11.3 Å². The molecule has 23 heavy (non-hydrogen) atoms. The first-order valence-corrected chi connectivity index (χ1v) is 8.21. The van der Waals surface area contributed by atoms with E-state index in [2.05, 4.69) is 17.1 Å². The number of nitrogens with zero attached hydrogens (tertiary/aromatic N) is 1. The van der Waals surface area contributed by atoms with Gasteiger partial charge in [-0.3, -0.25) is 4.79 Å². The van der Waals surface area contributed by atoms with Crippen LogP contribution in [0.1, 0.15) is 27.7 Å². The fraction of sp³-hybridized carbons (Fsp3) is 0.222. The number of nitrogens with two attached hydrogens (primary N) is 1. The van der Waals surface area contributed by atoms with E-state index in [0.717, 1.165) is 34.4 Å². The molecular formula is C18H18N2O2S. The molecule has 0 fully saturated rings. The summed E-state index contributed by atoms with van der Waals surface area (Å²) in [5.41, 5.74) is 9.11. The molecule has 2 aromatic heterocycles. The van der Waals surface area contributed by atoms with E-state index in [-0.39, 0.29) is 5.78 Å². The number of anilines is 1. The molecule has 2 N–H and O–H groups in total. The number of carbonyl (C=O) groups excluding carboxylic acids is 1. The Morgan fingerprint density at radius 1 is 1.22 bits per heavy atom. The van der Waals surface area contributed by atoms with E-state index in [4.69, 9.17) is 10.5 Å². The molecule has 0 unspecified atom stereocenters. The molecule has 0 bridgehead atoms. The molecule has 0 aliphatic rings. The second-order valence-corrected chi connectivity index (χ2v) is 6.40. The Morgan fingerprint density at radius 2 is 1.96 bits per heavy atom. The van der Waals surface area contributed by atoms with Gasteiger partial charge in [0, 0.05) is 18.5 Å². The van der Waals surface area contributed by atoms with Crippen molar-refractivity contribution in [2.75, 3.05) is 12.8 Å². The molecule has 0 atom stereocenters. The molecule has 0 aliphatic heterocycles. The Balaban J connectivity index is 1.89. The standard InChI is InChI=1S/C18H18N2O2S/c1-11(21)17-16(19)15-13(9-10-20-18(15)23-17)6-3-12-4-7-14(22-2)8-5-12/h4-5,7-10H,3,6,19H2,1-2H3. The minimum absolute atomic E-state index is 0.00777. The summed E-state index contributed by atoms with van der Waals surface area (Å²) in [5.74, 6) is 0.847. The van der Waals surface area contributed by atoms with E-state index < -0.39 is 0 Å². The molecule has 0 amide bonds. The summed E-state index contributed by atoms with van der Waals surface area (Å²) in [6, 6.07) is 10.0. The van der Waals surface area contributed by atoms with Crippen LogP contribution < -0.4 is 10.5 Å². The van der Waals surface area contributed by atoms with Crippen molar-refractivity contribution in [1.29, 1.82) is 0 Å². The van der Waals surface area contributed by atoms with Crippen molar-refractivity contribution >= 4 is 33.0 Å². The number of rotatable bonds is 5. The van der Waals surface area contributed by atoms with Gasteiger partial charge < -0.3 is 10.5 Å². The molecule has 0 aliphatic carbocycles. The Bertz CT molecular complexity index is 853. The number of hydrogen-bond acceptors (Lipinski definition) is 5. The number of methoxy groups -OCH3 is 1. The van der Waals surface area contributed by atoms with Crippen LogP contribution in [0.15, 0.2) is 36.5 Å². The highest BCUT2D eigenvalue weighted by Gasteiger charge is 2.16. The average molecular weight is 326 g/mol. The molecule has 4 nitrogen and oxygen atoms in total. The first kappa shape index (κ1) is 15.5. The van der Waals surface area contributed by atoms with Crippen LogP contribution >= 0.6 is 11.3 Å². The topological polar surface area (TPSA) is 65.2 Å². The predicted molar refractivity (Wildman–Crippen MR) is 94.4 cm³/mol. The number of nitrogen functional groups attached to an aromatic ring is 1. The van der Waals surface area contributed by atoms with E-state index in [1.807, 2.05) is 18.2 Å². The van der Waals surface area contributed by atoms with Crippen molar-refractivity contribution in [3.05, 3.63) is 52.5 Å². The number of benzene rings is 1. The lowest BCUT2D eigenvalue weighted by Gasteiger charge is -2.06. The quantitative estimate of drug-likeness (QED) is 0.723. The third-order valence-electron chi connectivity index (χ3n) is 3.88. The van der Waals surface area contributed by atoms with Gasteiger partial charge in [0.1, 0.15) is 10.6 Å². The first-order chi connectivity index (χ1) is 11.1. The zero-order valence-electron chi connectivity index (χ0n) is 13.1. The molecule has 3 rings (SSSR count). The van der Waals surface area contributed by atoms with Crippen LogP contribution in [0.5, 0.6) is 5.75 Å². The zero-order chi connectivity index (χ0) is 16.4. The highest BCUT2D eigenvalue weighted by Crippen LogP contribution is 2.35. The molecule has 0 spiro atoms. The second kappa shape index (κ2) is 6.38. The summed E-state index contributed by atoms with van der Waals surface area (Å²) in [6.07, 6.45) is 3.53. The van der Waals surface area contributed by atoms with Crippen molar-refractivity contribution in [3.8, 4) is 5.75 Å². The molecule has 3 aromatic rings. The number of fused-ring (bicyclic) bond motifs is 1. The Labute approximate surface area is 138 Å².